The van der Waals surface area contributed by atoms with E-state index < -0.39 is 10.0 Å². The van der Waals surface area contributed by atoms with Crippen LogP contribution in [-0.2, 0) is 10.0 Å². The molecule has 1 aromatic carbocycles. The van der Waals surface area contributed by atoms with Crippen LogP contribution in [0.15, 0.2) is 39.8 Å². The van der Waals surface area contributed by atoms with Crippen molar-refractivity contribution in [2.75, 3.05) is 44.0 Å². The minimum Gasteiger partial charge on any atom is -0.360 e. The van der Waals surface area contributed by atoms with Crippen LogP contribution < -0.4 is 4.72 Å². The second-order valence-electron chi connectivity index (χ2n) is 8.07. The lowest BCUT2D eigenvalue weighted by atomic mass is 10.1. The summed E-state index contributed by atoms with van der Waals surface area (Å²) in [5.41, 5.74) is 0.278. The number of piperazine rings is 1. The van der Waals surface area contributed by atoms with Gasteiger partial charge in [0.1, 0.15) is 5.76 Å². The molecule has 0 saturated carbocycles. The van der Waals surface area contributed by atoms with Crippen LogP contribution in [0.2, 0.25) is 0 Å². The summed E-state index contributed by atoms with van der Waals surface area (Å²) in [6.45, 7) is 4.99. The van der Waals surface area contributed by atoms with Crippen molar-refractivity contribution >= 4 is 27.8 Å². The van der Waals surface area contributed by atoms with Gasteiger partial charge in [-0.3, -0.25) is 9.52 Å². The van der Waals surface area contributed by atoms with Gasteiger partial charge in [0.2, 0.25) is 0 Å². The van der Waals surface area contributed by atoms with Crippen molar-refractivity contribution in [3.8, 4) is 0 Å². The summed E-state index contributed by atoms with van der Waals surface area (Å²) in [5.74, 6) is 0.294. The second kappa shape index (κ2) is 9.19. The molecule has 172 valence electrons. The topological polar surface area (TPSA) is 116 Å². The molecule has 32 heavy (non-hydrogen) atoms. The number of piperidine rings is 1. The molecule has 0 atom stereocenters. The Morgan fingerprint density at radius 1 is 0.938 bits per heavy atom. The number of hydrogen-bond acceptors (Lipinski definition) is 6. The summed E-state index contributed by atoms with van der Waals surface area (Å²) < 4.78 is 32.6. The van der Waals surface area contributed by atoms with E-state index in [0.29, 0.717) is 31.9 Å². The monoisotopic (exact) mass is 461 g/mol. The Labute approximate surface area is 187 Å². The Hall–Kier alpha value is -3.08. The number of sulfonamides is 1. The highest BCUT2D eigenvalue weighted by Crippen LogP contribution is 2.19. The fraction of sp³-hybridized carbons (Fsp3) is 0.476. The molecule has 0 spiro atoms. The van der Waals surface area contributed by atoms with Crippen molar-refractivity contribution in [2.45, 2.75) is 31.1 Å². The van der Waals surface area contributed by atoms with Crippen molar-refractivity contribution in [3.05, 3.63) is 41.7 Å². The largest absolute Gasteiger partial charge is 0.360 e. The summed E-state index contributed by atoms with van der Waals surface area (Å²) >= 11 is 0. The zero-order chi connectivity index (χ0) is 22.7. The number of carbonyl (C=O) groups excluding carboxylic acids is 2. The number of carbonyl (C=O) groups is 2. The Kier molecular flexibility index (Phi) is 6.35. The van der Waals surface area contributed by atoms with Crippen LogP contribution in [-0.4, -0.2) is 79.5 Å². The third-order valence-electron chi connectivity index (χ3n) is 5.72. The smallest absolute Gasteiger partial charge is 0.320 e. The van der Waals surface area contributed by atoms with Gasteiger partial charge in [0.25, 0.3) is 15.9 Å². The molecule has 2 aliphatic rings. The summed E-state index contributed by atoms with van der Waals surface area (Å²) in [5, 5.41) is 3.64. The van der Waals surface area contributed by atoms with Gasteiger partial charge in [0.05, 0.1) is 4.90 Å². The molecule has 2 aromatic rings. The molecule has 2 fully saturated rings. The van der Waals surface area contributed by atoms with E-state index in [2.05, 4.69) is 9.88 Å². The van der Waals surface area contributed by atoms with E-state index in [4.69, 9.17) is 4.52 Å². The molecule has 3 heterocycles. The Balaban J connectivity index is 1.39. The standard InChI is InChI=1S/C21H27N5O5S/c1-16-14-19(22-31-16)23-32(29,30)18-7-5-6-17(15-18)20(27)24-10-12-26(13-11-24)21(28)25-8-3-2-4-9-25/h5-7,14-15H,2-4,8-13H2,1H3,(H,22,23). The first-order valence-corrected chi connectivity index (χ1v) is 12.2. The van der Waals surface area contributed by atoms with Crippen molar-refractivity contribution in [1.29, 1.82) is 0 Å². The molecule has 10 nitrogen and oxygen atoms in total. The molecule has 2 aliphatic heterocycles. The van der Waals surface area contributed by atoms with E-state index in [-0.39, 0.29) is 28.2 Å². The number of amides is 3. The number of likely N-dealkylation sites (tertiary alicyclic amines) is 1. The number of hydrogen-bond donors (Lipinski definition) is 1. The van der Waals surface area contributed by atoms with Crippen LogP contribution in [0.3, 0.4) is 0 Å². The number of nitrogens with zero attached hydrogens (tertiary/aromatic N) is 4. The Morgan fingerprint density at radius 2 is 1.59 bits per heavy atom. The first-order chi connectivity index (χ1) is 15.3. The summed E-state index contributed by atoms with van der Waals surface area (Å²) in [6, 6.07) is 7.40. The minimum absolute atomic E-state index is 0.0390. The lowest BCUT2D eigenvalue weighted by molar-refractivity contribution is 0.0632. The molecular weight excluding hydrogens is 434 g/mol. The van der Waals surface area contributed by atoms with Gasteiger partial charge >= 0.3 is 6.03 Å². The van der Waals surface area contributed by atoms with Crippen LogP contribution in [0.5, 0.6) is 0 Å². The first-order valence-electron chi connectivity index (χ1n) is 10.7. The second-order valence-corrected chi connectivity index (χ2v) is 9.75. The predicted molar refractivity (Wildman–Crippen MR) is 117 cm³/mol. The molecular formula is C21H27N5O5S. The lowest BCUT2D eigenvalue weighted by Gasteiger charge is -2.38. The highest BCUT2D eigenvalue weighted by molar-refractivity contribution is 7.92. The van der Waals surface area contributed by atoms with Crippen LogP contribution in [0, 0.1) is 6.92 Å². The number of nitrogens with one attached hydrogen (secondary N) is 1. The van der Waals surface area contributed by atoms with E-state index in [9.17, 15) is 18.0 Å². The SMILES string of the molecule is Cc1cc(NS(=O)(=O)c2cccc(C(=O)N3CCN(C(=O)N4CCCCC4)CC3)c2)no1. The van der Waals surface area contributed by atoms with Gasteiger partial charge in [-0.25, -0.2) is 13.2 Å². The lowest BCUT2D eigenvalue weighted by Crippen LogP contribution is -2.54. The first kappa shape index (κ1) is 22.1. The van der Waals surface area contributed by atoms with E-state index in [1.165, 1.54) is 24.3 Å². The predicted octanol–water partition coefficient (Wildman–Crippen LogP) is 2.15. The average Bonchev–Trinajstić information content (AvgIpc) is 3.22. The number of aryl methyl sites for hydroxylation is 1. The van der Waals surface area contributed by atoms with Gasteiger partial charge in [-0.2, -0.15) is 0 Å². The molecule has 0 bridgehead atoms. The molecule has 1 aromatic heterocycles. The van der Waals surface area contributed by atoms with Gasteiger partial charge in [-0.15, -0.1) is 0 Å². The fourth-order valence-corrected chi connectivity index (χ4v) is 5.01. The number of aromatic nitrogens is 1. The number of rotatable bonds is 4. The third-order valence-corrected chi connectivity index (χ3v) is 7.07. The van der Waals surface area contributed by atoms with E-state index in [1.807, 2.05) is 4.90 Å². The molecule has 0 aliphatic carbocycles. The van der Waals surface area contributed by atoms with Crippen LogP contribution in [0.4, 0.5) is 10.6 Å². The molecule has 4 rings (SSSR count). The van der Waals surface area contributed by atoms with Crippen LogP contribution in [0.25, 0.3) is 0 Å². The highest BCUT2D eigenvalue weighted by atomic mass is 32.2. The van der Waals surface area contributed by atoms with Crippen molar-refractivity contribution in [1.82, 2.24) is 19.9 Å². The van der Waals surface area contributed by atoms with Gasteiger partial charge in [0.15, 0.2) is 5.82 Å². The molecule has 1 N–H and O–H groups in total. The minimum atomic E-state index is -3.92. The van der Waals surface area contributed by atoms with Gasteiger partial charge in [-0.05, 0) is 44.4 Å². The fourth-order valence-electron chi connectivity index (χ4n) is 3.98. The van der Waals surface area contributed by atoms with Crippen molar-refractivity contribution in [3.63, 3.8) is 0 Å². The molecule has 0 radical (unpaired) electrons. The van der Waals surface area contributed by atoms with Crippen molar-refractivity contribution < 1.29 is 22.5 Å². The zero-order valence-electron chi connectivity index (χ0n) is 18.0. The molecule has 11 heteroatoms. The maximum Gasteiger partial charge on any atom is 0.320 e. The van der Waals surface area contributed by atoms with Crippen LogP contribution >= 0.6 is 0 Å². The average molecular weight is 462 g/mol. The summed E-state index contributed by atoms with van der Waals surface area (Å²) in [7, 11) is -3.92. The number of benzene rings is 1. The van der Waals surface area contributed by atoms with Crippen LogP contribution in [0.1, 0.15) is 35.4 Å². The van der Waals surface area contributed by atoms with Crippen molar-refractivity contribution in [2.24, 2.45) is 0 Å². The van der Waals surface area contributed by atoms with Gasteiger partial charge in [0, 0.05) is 50.9 Å². The Bertz CT molecular complexity index is 1090. The third kappa shape index (κ3) is 4.87. The summed E-state index contributed by atoms with van der Waals surface area (Å²) in [6.07, 6.45) is 3.23. The molecule has 3 amide bonds. The summed E-state index contributed by atoms with van der Waals surface area (Å²) in [4.78, 5) is 31.0. The maximum atomic E-state index is 13.0. The highest BCUT2D eigenvalue weighted by Gasteiger charge is 2.29. The quantitative estimate of drug-likeness (QED) is 0.746. The Morgan fingerprint density at radius 3 is 2.25 bits per heavy atom. The zero-order valence-corrected chi connectivity index (χ0v) is 18.8. The van der Waals surface area contributed by atoms with E-state index in [1.54, 1.807) is 22.8 Å². The maximum absolute atomic E-state index is 13.0. The van der Waals surface area contributed by atoms with Gasteiger partial charge in [-0.1, -0.05) is 11.2 Å². The number of anilines is 1. The van der Waals surface area contributed by atoms with Gasteiger partial charge < -0.3 is 19.2 Å². The van der Waals surface area contributed by atoms with E-state index >= 15 is 0 Å². The number of urea groups is 1. The molecule has 2 saturated heterocycles. The van der Waals surface area contributed by atoms with E-state index in [0.717, 1.165) is 32.4 Å². The normalized spacial score (nSPS) is 17.3. The molecule has 0 unspecified atom stereocenters.